The molecule has 1 aromatic heterocycles. The monoisotopic (exact) mass is 336 g/mol. The van der Waals surface area contributed by atoms with E-state index in [1.165, 1.54) is 17.5 Å². The predicted molar refractivity (Wildman–Crippen MR) is 96.5 cm³/mol. The lowest BCUT2D eigenvalue weighted by atomic mass is 10.1. The summed E-state index contributed by atoms with van der Waals surface area (Å²) in [6.45, 7) is 2.63. The Morgan fingerprint density at radius 3 is 2.92 bits per heavy atom. The van der Waals surface area contributed by atoms with Crippen molar-refractivity contribution in [2.45, 2.75) is 51.2 Å². The Morgan fingerprint density at radius 1 is 1.20 bits per heavy atom. The Morgan fingerprint density at radius 2 is 2.08 bits per heavy atom. The van der Waals surface area contributed by atoms with Crippen molar-refractivity contribution in [1.82, 2.24) is 9.88 Å². The van der Waals surface area contributed by atoms with Gasteiger partial charge in [0.05, 0.1) is 11.7 Å². The average Bonchev–Trinajstić information content (AvgIpc) is 3.30. The molecule has 1 amide bonds. The summed E-state index contributed by atoms with van der Waals surface area (Å²) in [5, 5.41) is 0. The summed E-state index contributed by atoms with van der Waals surface area (Å²) in [6.07, 6.45) is 6.77. The predicted octanol–water partition coefficient (Wildman–Crippen LogP) is 3.70. The molecule has 0 bridgehead atoms. The van der Waals surface area contributed by atoms with Crippen molar-refractivity contribution >= 4 is 5.91 Å². The number of aryl methyl sites for hydroxylation is 2. The minimum Gasteiger partial charge on any atom is -0.481 e. The van der Waals surface area contributed by atoms with Gasteiger partial charge < -0.3 is 9.64 Å². The molecule has 0 spiro atoms. The number of ether oxygens (including phenoxy) is 1. The first kappa shape index (κ1) is 16.1. The molecule has 4 nitrogen and oxygen atoms in total. The van der Waals surface area contributed by atoms with Crippen LogP contribution in [0.15, 0.2) is 42.6 Å². The van der Waals surface area contributed by atoms with E-state index in [2.05, 4.69) is 17.1 Å². The highest BCUT2D eigenvalue weighted by Crippen LogP contribution is 2.32. The van der Waals surface area contributed by atoms with Gasteiger partial charge in [0.2, 0.25) is 0 Å². The molecule has 4 rings (SSSR count). The van der Waals surface area contributed by atoms with E-state index in [0.717, 1.165) is 43.7 Å². The van der Waals surface area contributed by atoms with E-state index >= 15 is 0 Å². The maximum atomic E-state index is 12.9. The van der Waals surface area contributed by atoms with Crippen molar-refractivity contribution in [1.29, 1.82) is 0 Å². The number of hydrogen-bond donors (Lipinski definition) is 0. The Balaban J connectivity index is 1.46. The SMILES string of the molecule is C[C@H](Oc1ccc2c(c1)CCC2)C(=O)N1CCC[C@@H]1c1ccccn1. The lowest BCUT2D eigenvalue weighted by molar-refractivity contribution is -0.139. The number of benzene rings is 1. The van der Waals surface area contributed by atoms with Gasteiger partial charge in [-0.25, -0.2) is 0 Å². The summed E-state index contributed by atoms with van der Waals surface area (Å²) in [7, 11) is 0. The first-order chi connectivity index (χ1) is 12.2. The number of aromatic nitrogens is 1. The summed E-state index contributed by atoms with van der Waals surface area (Å²) in [4.78, 5) is 19.3. The van der Waals surface area contributed by atoms with Crippen LogP contribution < -0.4 is 4.74 Å². The largest absolute Gasteiger partial charge is 0.481 e. The second kappa shape index (κ2) is 6.87. The molecule has 2 atom stereocenters. The van der Waals surface area contributed by atoms with Gasteiger partial charge in [0.1, 0.15) is 5.75 Å². The van der Waals surface area contributed by atoms with Crippen LogP contribution in [0, 0.1) is 0 Å². The molecule has 4 heteroatoms. The minimum absolute atomic E-state index is 0.0497. The van der Waals surface area contributed by atoms with E-state index < -0.39 is 6.10 Å². The zero-order valence-electron chi connectivity index (χ0n) is 14.6. The van der Waals surface area contributed by atoms with Crippen molar-refractivity contribution in [2.75, 3.05) is 6.54 Å². The number of carbonyl (C=O) groups excluding carboxylic acids is 1. The van der Waals surface area contributed by atoms with Crippen molar-refractivity contribution in [3.05, 3.63) is 59.4 Å². The van der Waals surface area contributed by atoms with Gasteiger partial charge >= 0.3 is 0 Å². The summed E-state index contributed by atoms with van der Waals surface area (Å²) in [5.41, 5.74) is 3.75. The molecule has 1 aliphatic heterocycles. The lowest BCUT2D eigenvalue weighted by Gasteiger charge is -2.27. The number of pyridine rings is 1. The zero-order chi connectivity index (χ0) is 17.2. The standard InChI is InChI=1S/C21H24N2O2/c1-15(25-18-11-10-16-6-4-7-17(16)14-18)21(24)23-13-5-9-20(23)19-8-2-3-12-22-19/h2-3,8,10-12,14-15,20H,4-7,9,13H2,1H3/t15-,20+/m0/s1. The van der Waals surface area contributed by atoms with Gasteiger partial charge in [-0.3, -0.25) is 9.78 Å². The zero-order valence-corrected chi connectivity index (χ0v) is 14.6. The van der Waals surface area contributed by atoms with E-state index in [1.807, 2.05) is 36.1 Å². The first-order valence-corrected chi connectivity index (χ1v) is 9.22. The van der Waals surface area contributed by atoms with E-state index in [1.54, 1.807) is 6.20 Å². The smallest absolute Gasteiger partial charge is 0.263 e. The second-order valence-corrected chi connectivity index (χ2v) is 6.99. The highest BCUT2D eigenvalue weighted by Gasteiger charge is 2.34. The fraction of sp³-hybridized carbons (Fsp3) is 0.429. The van der Waals surface area contributed by atoms with Gasteiger partial charge in [-0.05, 0) is 74.4 Å². The van der Waals surface area contributed by atoms with E-state index in [0.29, 0.717) is 0 Å². The molecule has 2 aromatic rings. The van der Waals surface area contributed by atoms with Gasteiger partial charge in [0.25, 0.3) is 5.91 Å². The molecular weight excluding hydrogens is 312 g/mol. The maximum Gasteiger partial charge on any atom is 0.263 e. The van der Waals surface area contributed by atoms with E-state index in [9.17, 15) is 4.79 Å². The highest BCUT2D eigenvalue weighted by atomic mass is 16.5. The number of hydrogen-bond acceptors (Lipinski definition) is 3. The van der Waals surface area contributed by atoms with Crippen LogP contribution in [0.2, 0.25) is 0 Å². The quantitative estimate of drug-likeness (QED) is 0.855. The molecule has 1 aliphatic carbocycles. The van der Waals surface area contributed by atoms with Crippen molar-refractivity contribution in [3.63, 3.8) is 0 Å². The Hall–Kier alpha value is -2.36. The number of rotatable bonds is 4. The highest BCUT2D eigenvalue weighted by molar-refractivity contribution is 5.81. The number of amides is 1. The third kappa shape index (κ3) is 3.26. The number of nitrogens with zero attached hydrogens (tertiary/aromatic N) is 2. The summed E-state index contributed by atoms with van der Waals surface area (Å²) >= 11 is 0. The summed E-state index contributed by atoms with van der Waals surface area (Å²) < 4.78 is 5.99. The second-order valence-electron chi connectivity index (χ2n) is 6.99. The fourth-order valence-corrected chi connectivity index (χ4v) is 4.02. The average molecular weight is 336 g/mol. The fourth-order valence-electron chi connectivity index (χ4n) is 4.02. The molecular formula is C21H24N2O2. The summed E-state index contributed by atoms with van der Waals surface area (Å²) in [5.74, 6) is 0.851. The molecule has 130 valence electrons. The Kier molecular flexibility index (Phi) is 4.43. The third-order valence-electron chi connectivity index (χ3n) is 5.30. The van der Waals surface area contributed by atoms with Crippen molar-refractivity contribution in [3.8, 4) is 5.75 Å². The van der Waals surface area contributed by atoms with Crippen LogP contribution in [0.4, 0.5) is 0 Å². The van der Waals surface area contributed by atoms with Crippen LogP contribution in [0.3, 0.4) is 0 Å². The molecule has 0 unspecified atom stereocenters. The van der Waals surface area contributed by atoms with Gasteiger partial charge in [0.15, 0.2) is 6.10 Å². The maximum absolute atomic E-state index is 12.9. The molecule has 2 heterocycles. The van der Waals surface area contributed by atoms with Crippen LogP contribution in [0.25, 0.3) is 0 Å². The van der Waals surface area contributed by atoms with Crippen LogP contribution in [-0.4, -0.2) is 28.4 Å². The normalized spacial score (nSPS) is 20.4. The molecule has 2 aliphatic rings. The van der Waals surface area contributed by atoms with Crippen molar-refractivity contribution < 1.29 is 9.53 Å². The topological polar surface area (TPSA) is 42.4 Å². The molecule has 0 radical (unpaired) electrons. The number of carbonyl (C=O) groups is 1. The van der Waals surface area contributed by atoms with E-state index in [-0.39, 0.29) is 11.9 Å². The molecule has 0 N–H and O–H groups in total. The number of fused-ring (bicyclic) bond motifs is 1. The third-order valence-corrected chi connectivity index (χ3v) is 5.30. The number of likely N-dealkylation sites (tertiary alicyclic amines) is 1. The molecule has 1 fully saturated rings. The Labute approximate surface area is 148 Å². The van der Waals surface area contributed by atoms with Gasteiger partial charge in [-0.1, -0.05) is 12.1 Å². The molecule has 1 aromatic carbocycles. The molecule has 25 heavy (non-hydrogen) atoms. The van der Waals surface area contributed by atoms with Crippen LogP contribution in [0.1, 0.15) is 49.0 Å². The minimum atomic E-state index is -0.483. The van der Waals surface area contributed by atoms with Crippen LogP contribution in [0.5, 0.6) is 5.75 Å². The summed E-state index contributed by atoms with van der Waals surface area (Å²) in [6, 6.07) is 12.2. The molecule has 0 saturated carbocycles. The first-order valence-electron chi connectivity index (χ1n) is 9.22. The van der Waals surface area contributed by atoms with E-state index in [4.69, 9.17) is 4.74 Å². The Bertz CT molecular complexity index is 760. The van der Waals surface area contributed by atoms with Crippen LogP contribution >= 0.6 is 0 Å². The van der Waals surface area contributed by atoms with Gasteiger partial charge in [-0.2, -0.15) is 0 Å². The van der Waals surface area contributed by atoms with Crippen LogP contribution in [-0.2, 0) is 17.6 Å². The van der Waals surface area contributed by atoms with Crippen molar-refractivity contribution in [2.24, 2.45) is 0 Å². The lowest BCUT2D eigenvalue weighted by Crippen LogP contribution is -2.40. The van der Waals surface area contributed by atoms with Gasteiger partial charge in [-0.15, -0.1) is 0 Å². The van der Waals surface area contributed by atoms with Gasteiger partial charge in [0, 0.05) is 12.7 Å². The molecule has 1 saturated heterocycles.